The summed E-state index contributed by atoms with van der Waals surface area (Å²) in [4.78, 5) is 43.8. The Morgan fingerprint density at radius 1 is 0.134 bits per heavy atom. The quantitative estimate of drug-likeness (QED) is 0.117. The van der Waals surface area contributed by atoms with Gasteiger partial charge in [-0.05, 0) is 119 Å². The molecule has 0 unspecified atom stereocenters. The number of aromatic nitrogens is 12. The van der Waals surface area contributed by atoms with E-state index in [0.717, 1.165) is 67.1 Å². The van der Waals surface area contributed by atoms with Crippen molar-refractivity contribution in [1.29, 1.82) is 0 Å². The minimum Gasteiger partial charge on any atom is -0.309 e. The smallest absolute Gasteiger partial charge is 0.164 e. The predicted molar refractivity (Wildman–Crippen MR) is 486 cm³/mol. The van der Waals surface area contributed by atoms with Gasteiger partial charge < -0.3 is 13.7 Å². The fourth-order valence-corrected chi connectivity index (χ4v) is 16.3. The van der Waals surface area contributed by atoms with Crippen molar-refractivity contribution in [1.82, 2.24) is 58.6 Å². The van der Waals surface area contributed by atoms with Crippen molar-refractivity contribution < 1.29 is 0 Å². The van der Waals surface area contributed by atoms with E-state index in [9.17, 15) is 0 Å². The van der Waals surface area contributed by atoms with Crippen molar-refractivity contribution in [2.75, 3.05) is 0 Å². The zero-order chi connectivity index (χ0) is 79.0. The average molecular weight is 1520 g/mol. The second-order valence-corrected chi connectivity index (χ2v) is 29.2. The van der Waals surface area contributed by atoms with Gasteiger partial charge in [-0.25, -0.2) is 44.9 Å². The van der Waals surface area contributed by atoms with E-state index in [1.54, 1.807) is 0 Å². The van der Waals surface area contributed by atoms with E-state index in [2.05, 4.69) is 256 Å². The maximum absolute atomic E-state index is 4.90. The molecule has 0 aliphatic heterocycles. The summed E-state index contributed by atoms with van der Waals surface area (Å²) in [6, 6.07) is 146. The monoisotopic (exact) mass is 1520 g/mol. The molecule has 0 radical (unpaired) electrons. The van der Waals surface area contributed by atoms with E-state index in [1.165, 1.54) is 87.0 Å². The Labute approximate surface area is 685 Å². The van der Waals surface area contributed by atoms with Gasteiger partial charge in [0, 0.05) is 105 Å². The van der Waals surface area contributed by atoms with Gasteiger partial charge in [0.15, 0.2) is 52.4 Å². The van der Waals surface area contributed by atoms with Crippen LogP contribution < -0.4 is 0 Å². The Bertz CT molecular complexity index is 7440. The van der Waals surface area contributed by atoms with Gasteiger partial charge in [-0.15, -0.1) is 0 Å². The third-order valence-electron chi connectivity index (χ3n) is 22.0. The van der Waals surface area contributed by atoms with Gasteiger partial charge in [-0.3, -0.25) is 0 Å². The second kappa shape index (κ2) is 30.9. The maximum atomic E-state index is 4.90. The van der Waals surface area contributed by atoms with E-state index in [1.807, 2.05) is 182 Å². The highest BCUT2D eigenvalue weighted by atomic mass is 15.1. The number of nitrogens with zero attached hydrogens (tertiary/aromatic N) is 12. The molecule has 0 amide bonds. The molecule has 0 atom stereocenters. The van der Waals surface area contributed by atoms with E-state index in [4.69, 9.17) is 44.9 Å². The molecule has 12 heteroatoms. The van der Waals surface area contributed by atoms with Crippen molar-refractivity contribution in [3.63, 3.8) is 0 Å². The fraction of sp³-hybridized carbons (Fsp3) is 0. The van der Waals surface area contributed by atoms with Gasteiger partial charge in [0.05, 0.1) is 33.1 Å². The van der Waals surface area contributed by atoms with Crippen LogP contribution in [0.2, 0.25) is 0 Å². The Kier molecular flexibility index (Phi) is 18.3. The first-order valence-electron chi connectivity index (χ1n) is 39.8. The average Bonchev–Trinajstić information content (AvgIpc) is 1.59. The molecule has 6 aromatic heterocycles. The minimum atomic E-state index is 0.650. The van der Waals surface area contributed by atoms with Gasteiger partial charge in [-0.2, -0.15) is 0 Å². The Balaban J connectivity index is 0.000000111. The molecule has 0 aliphatic carbocycles. The Morgan fingerprint density at radius 2 is 0.361 bits per heavy atom. The maximum Gasteiger partial charge on any atom is 0.164 e. The van der Waals surface area contributed by atoms with Crippen LogP contribution in [0.4, 0.5) is 0 Å². The number of hydrogen-bond acceptors (Lipinski definition) is 9. The predicted octanol–water partition coefficient (Wildman–Crippen LogP) is 26.2. The van der Waals surface area contributed by atoms with Crippen molar-refractivity contribution >= 4 is 87.0 Å². The first-order valence-corrected chi connectivity index (χ1v) is 39.8. The summed E-state index contributed by atoms with van der Waals surface area (Å²) in [5.41, 5.74) is 19.0. The standard InChI is InChI=1S/2C37H24N4.C33H22N4/c1-3-12-26(13-4-1)35-38-36(27-14-5-2-6-15-27)40-37(39-35)28-19-22-29(23-20-28)41-33-18-10-9-17-31(33)32-24-21-25-11-7-8-16-30(25)34(32)41;1-3-12-26(13-4-1)35-38-36(27-14-5-2-6-15-27)40-37(39-35)28-19-22-29(23-20-28)41-32-18-10-9-17-31(32)34-30-16-8-7-11-25(30)21-24-33(34)41;1-3-11-23(12-4-1)31-34-32(24-13-5-2-6-14-24)36-33(35-31)25-19-21-26(22-20-25)37-29-17-9-7-15-27(29)28-16-8-10-18-30(28)37/h2*1-24H;1-22H. The van der Waals surface area contributed by atoms with E-state index >= 15 is 0 Å². The molecule has 0 aliphatic rings. The molecule has 558 valence electrons. The molecular weight excluding hydrogens is 1450 g/mol. The fourth-order valence-electron chi connectivity index (χ4n) is 16.3. The van der Waals surface area contributed by atoms with Crippen LogP contribution in [0.15, 0.2) is 425 Å². The van der Waals surface area contributed by atoms with Crippen LogP contribution in [-0.4, -0.2) is 58.6 Å². The van der Waals surface area contributed by atoms with Gasteiger partial charge in [0.1, 0.15) is 0 Å². The molecule has 12 nitrogen and oxygen atoms in total. The number of fused-ring (bicyclic) bond motifs is 13. The first-order chi connectivity index (χ1) is 59.0. The van der Waals surface area contributed by atoms with Crippen molar-refractivity contribution in [3.05, 3.63) is 425 Å². The van der Waals surface area contributed by atoms with Gasteiger partial charge in [-0.1, -0.05) is 322 Å². The van der Waals surface area contributed by atoms with Crippen LogP contribution in [0.5, 0.6) is 0 Å². The number of rotatable bonds is 12. The highest BCUT2D eigenvalue weighted by molar-refractivity contribution is 6.22. The molecule has 0 saturated carbocycles. The lowest BCUT2D eigenvalue weighted by atomic mass is 10.0. The van der Waals surface area contributed by atoms with Crippen LogP contribution >= 0.6 is 0 Å². The summed E-state index contributed by atoms with van der Waals surface area (Å²) < 4.78 is 7.03. The lowest BCUT2D eigenvalue weighted by Crippen LogP contribution is -2.00. The molecule has 0 spiro atoms. The summed E-state index contributed by atoms with van der Waals surface area (Å²) in [6.45, 7) is 0. The molecule has 23 aromatic rings. The number of para-hydroxylation sites is 4. The first kappa shape index (κ1) is 70.5. The van der Waals surface area contributed by atoms with Crippen molar-refractivity contribution in [2.45, 2.75) is 0 Å². The molecule has 0 bridgehead atoms. The molecule has 6 heterocycles. The normalized spacial score (nSPS) is 11.4. The highest BCUT2D eigenvalue weighted by Gasteiger charge is 2.22. The van der Waals surface area contributed by atoms with Crippen LogP contribution in [-0.2, 0) is 0 Å². The topological polar surface area (TPSA) is 131 Å². The second-order valence-electron chi connectivity index (χ2n) is 29.2. The van der Waals surface area contributed by atoms with E-state index in [-0.39, 0.29) is 0 Å². The Hall–Kier alpha value is -16.3. The molecule has 0 saturated heterocycles. The van der Waals surface area contributed by atoms with Gasteiger partial charge in [0.25, 0.3) is 0 Å². The zero-order valence-corrected chi connectivity index (χ0v) is 64.3. The number of benzene rings is 17. The van der Waals surface area contributed by atoms with Crippen LogP contribution in [0.25, 0.3) is 207 Å². The van der Waals surface area contributed by atoms with Crippen LogP contribution in [0.1, 0.15) is 0 Å². The third-order valence-corrected chi connectivity index (χ3v) is 22.0. The van der Waals surface area contributed by atoms with Crippen molar-refractivity contribution in [3.8, 4) is 120 Å². The molecular formula is C107H70N12. The Morgan fingerprint density at radius 3 is 0.706 bits per heavy atom. The van der Waals surface area contributed by atoms with Crippen LogP contribution in [0, 0.1) is 0 Å². The highest BCUT2D eigenvalue weighted by Crippen LogP contribution is 2.41. The van der Waals surface area contributed by atoms with E-state index < -0.39 is 0 Å². The lowest BCUT2D eigenvalue weighted by Gasteiger charge is -2.11. The summed E-state index contributed by atoms with van der Waals surface area (Å²) in [6.07, 6.45) is 0. The van der Waals surface area contributed by atoms with Crippen molar-refractivity contribution in [2.24, 2.45) is 0 Å². The van der Waals surface area contributed by atoms with Crippen LogP contribution in [0.3, 0.4) is 0 Å². The lowest BCUT2D eigenvalue weighted by molar-refractivity contribution is 1.07. The summed E-state index contributed by atoms with van der Waals surface area (Å²) in [7, 11) is 0. The summed E-state index contributed by atoms with van der Waals surface area (Å²) in [5.74, 6) is 5.92. The molecule has 23 rings (SSSR count). The summed E-state index contributed by atoms with van der Waals surface area (Å²) >= 11 is 0. The molecule has 0 N–H and O–H groups in total. The zero-order valence-electron chi connectivity index (χ0n) is 64.3. The number of hydrogen-bond donors (Lipinski definition) is 0. The SMILES string of the molecule is c1ccc(-c2nc(-c3ccccc3)nc(-c3ccc(-n4c5ccccc5c5c6ccccc6ccc54)cc3)n2)cc1.c1ccc(-c2nc(-c3ccccc3)nc(-c3ccc(-n4c5ccccc5c5ccc6ccccc6c54)cc3)n2)cc1.c1ccc(-c2nc(-c3ccccc3)nc(-c3ccc(-n4c5ccccc5c5ccccc54)cc3)n2)cc1. The minimum absolute atomic E-state index is 0.650. The molecule has 0 fully saturated rings. The van der Waals surface area contributed by atoms with Gasteiger partial charge >= 0.3 is 0 Å². The summed E-state index contributed by atoms with van der Waals surface area (Å²) in [5, 5.41) is 12.5. The molecule has 119 heavy (non-hydrogen) atoms. The third kappa shape index (κ3) is 13.5. The molecule has 17 aromatic carbocycles. The van der Waals surface area contributed by atoms with E-state index in [0.29, 0.717) is 52.4 Å². The largest absolute Gasteiger partial charge is 0.309 e. The van der Waals surface area contributed by atoms with Gasteiger partial charge in [0.2, 0.25) is 0 Å².